The largest absolute Gasteiger partial charge is 0.318 e. The fourth-order valence-corrected chi connectivity index (χ4v) is 2.41. The molecule has 0 unspecified atom stereocenters. The molecule has 2 heterocycles. The number of rotatable bonds is 2. The molecule has 0 fully saturated rings. The molecule has 0 saturated carbocycles. The maximum Gasteiger partial charge on any atom is 0.250 e. The second kappa shape index (κ2) is 5.05. The second-order valence-electron chi connectivity index (χ2n) is 5.17. The third kappa shape index (κ3) is 2.29. The van der Waals surface area contributed by atoms with Crippen LogP contribution in [0.15, 0.2) is 53.5 Å². The van der Waals surface area contributed by atoms with E-state index in [4.69, 9.17) is 5.10 Å². The number of hydrogen-bond donors (Lipinski definition) is 0. The molecular formula is C17H17N3O. The van der Waals surface area contributed by atoms with Gasteiger partial charge in [0.2, 0.25) is 5.56 Å². The van der Waals surface area contributed by atoms with Crippen LogP contribution < -0.4 is 5.56 Å². The molecule has 0 amide bonds. The van der Waals surface area contributed by atoms with Gasteiger partial charge in [0.05, 0.1) is 11.4 Å². The lowest BCUT2D eigenvalue weighted by Crippen LogP contribution is -2.14. The number of pyridine rings is 1. The van der Waals surface area contributed by atoms with Gasteiger partial charge in [0.25, 0.3) is 0 Å². The molecule has 0 aliphatic rings. The maximum atomic E-state index is 11.5. The number of hydrogen-bond acceptors (Lipinski definition) is 2. The Hall–Kier alpha value is -2.62. The number of nitrogens with zero attached hydrogens (tertiary/aromatic N) is 3. The smallest absolute Gasteiger partial charge is 0.250 e. The van der Waals surface area contributed by atoms with Crippen LogP contribution in [0.3, 0.4) is 0 Å². The van der Waals surface area contributed by atoms with E-state index in [1.54, 1.807) is 17.7 Å². The Bertz CT molecular complexity index is 844. The Morgan fingerprint density at radius 2 is 1.71 bits per heavy atom. The van der Waals surface area contributed by atoms with E-state index in [9.17, 15) is 4.79 Å². The van der Waals surface area contributed by atoms with E-state index in [0.717, 1.165) is 28.2 Å². The van der Waals surface area contributed by atoms with Crippen LogP contribution >= 0.6 is 0 Å². The Balaban J connectivity index is 2.17. The summed E-state index contributed by atoms with van der Waals surface area (Å²) in [5, 5.41) is 4.72. The molecular weight excluding hydrogens is 262 g/mol. The Labute approximate surface area is 123 Å². The molecule has 0 saturated heterocycles. The summed E-state index contributed by atoms with van der Waals surface area (Å²) in [5.41, 5.74) is 5.10. The Morgan fingerprint density at radius 3 is 2.38 bits per heavy atom. The molecule has 0 bridgehead atoms. The van der Waals surface area contributed by atoms with Crippen molar-refractivity contribution in [1.82, 2.24) is 14.3 Å². The fourth-order valence-electron chi connectivity index (χ4n) is 2.41. The highest BCUT2D eigenvalue weighted by Gasteiger charge is 2.14. The first-order valence-electron chi connectivity index (χ1n) is 6.86. The van der Waals surface area contributed by atoms with Gasteiger partial charge in [0.1, 0.15) is 0 Å². The topological polar surface area (TPSA) is 39.8 Å². The first-order valence-corrected chi connectivity index (χ1v) is 6.86. The highest BCUT2D eigenvalue weighted by atomic mass is 16.1. The maximum absolute atomic E-state index is 11.5. The SMILES string of the molecule is Cc1c(-c2ccc(=O)n(C)c2)nn(-c2ccccc2)c1C. The predicted octanol–water partition coefficient (Wildman–Crippen LogP) is 2.85. The standard InChI is InChI=1S/C17H17N3O/c1-12-13(2)20(15-7-5-4-6-8-15)18-17(12)14-9-10-16(21)19(3)11-14/h4-11H,1-3H3. The first-order chi connectivity index (χ1) is 10.1. The van der Waals surface area contributed by atoms with Crippen molar-refractivity contribution >= 4 is 0 Å². The van der Waals surface area contributed by atoms with Crippen LogP contribution in [0.1, 0.15) is 11.3 Å². The first kappa shape index (κ1) is 13.4. The molecule has 0 spiro atoms. The van der Waals surface area contributed by atoms with Gasteiger partial charge in [-0.3, -0.25) is 4.79 Å². The third-order valence-electron chi connectivity index (χ3n) is 3.78. The fraction of sp³-hybridized carbons (Fsp3) is 0.176. The lowest BCUT2D eigenvalue weighted by Gasteiger charge is -2.03. The van der Waals surface area contributed by atoms with Crippen molar-refractivity contribution in [1.29, 1.82) is 0 Å². The normalized spacial score (nSPS) is 10.8. The van der Waals surface area contributed by atoms with Crippen molar-refractivity contribution in [2.45, 2.75) is 13.8 Å². The van der Waals surface area contributed by atoms with Gasteiger partial charge in [-0.1, -0.05) is 18.2 Å². The Morgan fingerprint density at radius 1 is 1.00 bits per heavy atom. The van der Waals surface area contributed by atoms with Gasteiger partial charge in [0.15, 0.2) is 0 Å². The zero-order valence-electron chi connectivity index (χ0n) is 12.4. The van der Waals surface area contributed by atoms with Crippen LogP contribution in [-0.4, -0.2) is 14.3 Å². The molecule has 0 radical (unpaired) electrons. The monoisotopic (exact) mass is 279 g/mol. The van der Waals surface area contributed by atoms with E-state index in [1.807, 2.05) is 47.3 Å². The third-order valence-corrected chi connectivity index (χ3v) is 3.78. The molecule has 0 aliphatic heterocycles. The minimum Gasteiger partial charge on any atom is -0.318 e. The average Bonchev–Trinajstić information content (AvgIpc) is 2.79. The van der Waals surface area contributed by atoms with Crippen molar-refractivity contribution in [3.05, 3.63) is 70.3 Å². The number of benzene rings is 1. The van der Waals surface area contributed by atoms with E-state index < -0.39 is 0 Å². The number of para-hydroxylation sites is 1. The van der Waals surface area contributed by atoms with Gasteiger partial charge < -0.3 is 4.57 Å². The van der Waals surface area contributed by atoms with Crippen molar-refractivity contribution in [3.63, 3.8) is 0 Å². The lowest BCUT2D eigenvalue weighted by molar-refractivity contribution is 0.842. The summed E-state index contributed by atoms with van der Waals surface area (Å²) in [4.78, 5) is 11.5. The zero-order chi connectivity index (χ0) is 15.0. The van der Waals surface area contributed by atoms with E-state index in [2.05, 4.69) is 13.8 Å². The van der Waals surface area contributed by atoms with Crippen molar-refractivity contribution < 1.29 is 0 Å². The molecule has 4 nitrogen and oxygen atoms in total. The molecule has 0 atom stereocenters. The summed E-state index contributed by atoms with van der Waals surface area (Å²) < 4.78 is 3.52. The van der Waals surface area contributed by atoms with Gasteiger partial charge in [-0.2, -0.15) is 5.10 Å². The summed E-state index contributed by atoms with van der Waals surface area (Å²) in [6, 6.07) is 13.4. The minimum atomic E-state index is -0.0179. The number of aryl methyl sites for hydroxylation is 1. The lowest BCUT2D eigenvalue weighted by atomic mass is 10.1. The molecule has 2 aromatic heterocycles. The van der Waals surface area contributed by atoms with Crippen LogP contribution in [-0.2, 0) is 7.05 Å². The van der Waals surface area contributed by atoms with Crippen LogP contribution in [0.25, 0.3) is 16.9 Å². The average molecular weight is 279 g/mol. The molecule has 3 rings (SSSR count). The summed E-state index contributed by atoms with van der Waals surface area (Å²) in [6.45, 7) is 4.11. The van der Waals surface area contributed by atoms with E-state index in [1.165, 1.54) is 0 Å². The summed E-state index contributed by atoms with van der Waals surface area (Å²) in [5.74, 6) is 0. The molecule has 3 aromatic rings. The molecule has 1 aromatic carbocycles. The van der Waals surface area contributed by atoms with Crippen LogP contribution in [0.2, 0.25) is 0 Å². The highest BCUT2D eigenvalue weighted by molar-refractivity contribution is 5.63. The van der Waals surface area contributed by atoms with E-state index >= 15 is 0 Å². The Kier molecular flexibility index (Phi) is 3.22. The predicted molar refractivity (Wildman–Crippen MR) is 83.7 cm³/mol. The van der Waals surface area contributed by atoms with Crippen molar-refractivity contribution in [3.8, 4) is 16.9 Å². The number of aromatic nitrogens is 3. The molecule has 21 heavy (non-hydrogen) atoms. The molecule has 0 aliphatic carbocycles. The van der Waals surface area contributed by atoms with Gasteiger partial charge >= 0.3 is 0 Å². The highest BCUT2D eigenvalue weighted by Crippen LogP contribution is 2.25. The second-order valence-corrected chi connectivity index (χ2v) is 5.17. The van der Waals surface area contributed by atoms with Gasteiger partial charge in [-0.25, -0.2) is 4.68 Å². The van der Waals surface area contributed by atoms with Gasteiger partial charge in [0, 0.05) is 30.6 Å². The van der Waals surface area contributed by atoms with Gasteiger partial charge in [-0.15, -0.1) is 0 Å². The summed E-state index contributed by atoms with van der Waals surface area (Å²) in [7, 11) is 1.75. The zero-order valence-corrected chi connectivity index (χ0v) is 12.4. The quantitative estimate of drug-likeness (QED) is 0.723. The summed E-state index contributed by atoms with van der Waals surface area (Å²) in [6.07, 6.45) is 1.83. The van der Waals surface area contributed by atoms with Crippen LogP contribution in [0.5, 0.6) is 0 Å². The van der Waals surface area contributed by atoms with E-state index in [0.29, 0.717) is 0 Å². The van der Waals surface area contributed by atoms with Crippen molar-refractivity contribution in [2.75, 3.05) is 0 Å². The minimum absolute atomic E-state index is 0.0179. The molecule has 0 N–H and O–H groups in total. The van der Waals surface area contributed by atoms with Gasteiger partial charge in [-0.05, 0) is 37.6 Å². The van der Waals surface area contributed by atoms with Crippen LogP contribution in [0, 0.1) is 13.8 Å². The molecule has 106 valence electrons. The summed E-state index contributed by atoms with van der Waals surface area (Å²) >= 11 is 0. The van der Waals surface area contributed by atoms with Crippen LogP contribution in [0.4, 0.5) is 0 Å². The van der Waals surface area contributed by atoms with Crippen molar-refractivity contribution in [2.24, 2.45) is 7.05 Å². The molecule has 4 heteroatoms. The van der Waals surface area contributed by atoms with E-state index in [-0.39, 0.29) is 5.56 Å².